The molecule has 0 saturated heterocycles. The Morgan fingerprint density at radius 3 is 2.41 bits per heavy atom. The lowest BCUT2D eigenvalue weighted by Crippen LogP contribution is -1.98. The fourth-order valence-corrected chi connectivity index (χ4v) is 3.06. The van der Waals surface area contributed by atoms with Crippen LogP contribution in [0.4, 0.5) is 0 Å². The number of carboxylic acids is 1. The number of carbonyl (C=O) groups is 1. The minimum absolute atomic E-state index is 0.296. The van der Waals surface area contributed by atoms with E-state index in [0.29, 0.717) is 46.7 Å². The van der Waals surface area contributed by atoms with Crippen LogP contribution in [0.3, 0.4) is 0 Å². The lowest BCUT2D eigenvalue weighted by Gasteiger charge is -2.11. The number of nitrogens with zero attached hydrogens (tertiary/aromatic N) is 1. The fourth-order valence-electron chi connectivity index (χ4n) is 2.07. The van der Waals surface area contributed by atoms with Gasteiger partial charge in [0, 0.05) is 5.56 Å². The zero-order valence-corrected chi connectivity index (χ0v) is 13.7. The van der Waals surface area contributed by atoms with Gasteiger partial charge in [-0.3, -0.25) is 0 Å². The van der Waals surface area contributed by atoms with Gasteiger partial charge in [0.15, 0.2) is 11.5 Å². The van der Waals surface area contributed by atoms with E-state index in [1.807, 2.05) is 39.0 Å². The Labute approximate surface area is 133 Å². The third-order valence-electron chi connectivity index (χ3n) is 3.02. The normalized spacial score (nSPS) is 10.5. The molecule has 0 atom stereocenters. The Morgan fingerprint density at radius 1 is 1.18 bits per heavy atom. The number of carboxylic acid groups (broad SMARTS) is 1. The molecule has 0 aliphatic heterocycles. The standard InChI is InChI=1S/C16H19NO4S/c1-4-11-14(16(18)19)22-15(17-11)10-7-8-12(20-5-2)13(9-10)21-6-3/h7-9H,4-6H2,1-3H3,(H,18,19). The molecule has 22 heavy (non-hydrogen) atoms. The van der Waals surface area contributed by atoms with E-state index >= 15 is 0 Å². The highest BCUT2D eigenvalue weighted by atomic mass is 32.1. The van der Waals surface area contributed by atoms with Crippen molar-refractivity contribution in [3.8, 4) is 22.1 Å². The van der Waals surface area contributed by atoms with E-state index in [0.717, 1.165) is 5.56 Å². The maximum Gasteiger partial charge on any atom is 0.347 e. The van der Waals surface area contributed by atoms with E-state index in [2.05, 4.69) is 4.98 Å². The lowest BCUT2D eigenvalue weighted by atomic mass is 10.2. The Balaban J connectivity index is 2.44. The highest BCUT2D eigenvalue weighted by Crippen LogP contribution is 2.35. The van der Waals surface area contributed by atoms with Crippen molar-refractivity contribution < 1.29 is 19.4 Å². The molecule has 0 saturated carbocycles. The van der Waals surface area contributed by atoms with Gasteiger partial charge in [0.1, 0.15) is 9.88 Å². The van der Waals surface area contributed by atoms with Gasteiger partial charge in [0.05, 0.1) is 18.9 Å². The molecule has 0 fully saturated rings. The van der Waals surface area contributed by atoms with E-state index in [9.17, 15) is 9.90 Å². The highest BCUT2D eigenvalue weighted by Gasteiger charge is 2.18. The van der Waals surface area contributed by atoms with Crippen LogP contribution >= 0.6 is 11.3 Å². The van der Waals surface area contributed by atoms with Gasteiger partial charge >= 0.3 is 5.97 Å². The SMILES string of the molecule is CCOc1ccc(-c2nc(CC)c(C(=O)O)s2)cc1OCC. The Hall–Kier alpha value is -2.08. The second kappa shape index (κ2) is 7.26. The zero-order valence-electron chi connectivity index (χ0n) is 12.9. The van der Waals surface area contributed by atoms with Gasteiger partial charge in [0.2, 0.25) is 0 Å². The summed E-state index contributed by atoms with van der Waals surface area (Å²) in [6, 6.07) is 5.55. The minimum Gasteiger partial charge on any atom is -0.490 e. The summed E-state index contributed by atoms with van der Waals surface area (Å²) >= 11 is 1.18. The molecular weight excluding hydrogens is 302 g/mol. The van der Waals surface area contributed by atoms with Crippen molar-refractivity contribution in [2.75, 3.05) is 13.2 Å². The molecule has 2 aromatic rings. The number of hydrogen-bond acceptors (Lipinski definition) is 5. The van der Waals surface area contributed by atoms with E-state index in [1.165, 1.54) is 11.3 Å². The third-order valence-corrected chi connectivity index (χ3v) is 4.15. The number of aryl methyl sites for hydroxylation is 1. The van der Waals surface area contributed by atoms with Gasteiger partial charge in [-0.15, -0.1) is 11.3 Å². The molecule has 0 aliphatic carbocycles. The summed E-state index contributed by atoms with van der Waals surface area (Å²) in [7, 11) is 0. The van der Waals surface area contributed by atoms with Gasteiger partial charge in [0.25, 0.3) is 0 Å². The summed E-state index contributed by atoms with van der Waals surface area (Å²) in [4.78, 5) is 16.0. The number of ether oxygens (including phenoxy) is 2. The van der Waals surface area contributed by atoms with Gasteiger partial charge in [-0.25, -0.2) is 9.78 Å². The third kappa shape index (κ3) is 3.39. The monoisotopic (exact) mass is 321 g/mol. The summed E-state index contributed by atoms with van der Waals surface area (Å²) in [5, 5.41) is 9.91. The average Bonchev–Trinajstić information content (AvgIpc) is 2.94. The molecule has 1 aromatic carbocycles. The molecule has 118 valence electrons. The molecule has 1 N–H and O–H groups in total. The van der Waals surface area contributed by atoms with Gasteiger partial charge in [-0.2, -0.15) is 0 Å². The Morgan fingerprint density at radius 2 is 1.86 bits per heavy atom. The van der Waals surface area contributed by atoms with E-state index in [-0.39, 0.29) is 0 Å². The molecule has 6 heteroatoms. The molecule has 0 unspecified atom stereocenters. The van der Waals surface area contributed by atoms with Crippen molar-refractivity contribution >= 4 is 17.3 Å². The average molecular weight is 321 g/mol. The second-order valence-electron chi connectivity index (χ2n) is 4.48. The molecule has 0 amide bonds. The first kappa shape index (κ1) is 16.3. The van der Waals surface area contributed by atoms with Crippen LogP contribution in [0.1, 0.15) is 36.1 Å². The van der Waals surface area contributed by atoms with Crippen LogP contribution in [0, 0.1) is 0 Å². The lowest BCUT2D eigenvalue weighted by molar-refractivity contribution is 0.0701. The molecule has 1 heterocycles. The molecule has 2 rings (SSSR count). The van der Waals surface area contributed by atoms with Crippen molar-refractivity contribution in [1.29, 1.82) is 0 Å². The quantitative estimate of drug-likeness (QED) is 0.838. The Bertz CT molecular complexity index is 666. The number of aromatic carboxylic acids is 1. The van der Waals surface area contributed by atoms with Gasteiger partial charge < -0.3 is 14.6 Å². The van der Waals surface area contributed by atoms with Crippen molar-refractivity contribution in [1.82, 2.24) is 4.98 Å². The van der Waals surface area contributed by atoms with Crippen LogP contribution < -0.4 is 9.47 Å². The van der Waals surface area contributed by atoms with Crippen molar-refractivity contribution in [3.05, 3.63) is 28.8 Å². The largest absolute Gasteiger partial charge is 0.490 e. The first-order valence-corrected chi connectivity index (χ1v) is 8.05. The van der Waals surface area contributed by atoms with Crippen LogP contribution in [0.5, 0.6) is 11.5 Å². The van der Waals surface area contributed by atoms with Crippen LogP contribution in [0.15, 0.2) is 18.2 Å². The molecular formula is C16H19NO4S. The minimum atomic E-state index is -0.934. The first-order chi connectivity index (χ1) is 10.6. The first-order valence-electron chi connectivity index (χ1n) is 7.23. The summed E-state index contributed by atoms with van der Waals surface area (Å²) < 4.78 is 11.1. The fraction of sp³-hybridized carbons (Fsp3) is 0.375. The van der Waals surface area contributed by atoms with Crippen LogP contribution in [-0.2, 0) is 6.42 Å². The van der Waals surface area contributed by atoms with Gasteiger partial charge in [-0.05, 0) is 38.5 Å². The smallest absolute Gasteiger partial charge is 0.347 e. The summed E-state index contributed by atoms with van der Waals surface area (Å²) in [6.07, 6.45) is 0.591. The van der Waals surface area contributed by atoms with Gasteiger partial charge in [-0.1, -0.05) is 6.92 Å². The second-order valence-corrected chi connectivity index (χ2v) is 5.48. The summed E-state index contributed by atoms with van der Waals surface area (Å²) in [5.41, 5.74) is 1.44. The predicted octanol–water partition coefficient (Wildman–Crippen LogP) is 3.87. The van der Waals surface area contributed by atoms with Crippen molar-refractivity contribution in [2.45, 2.75) is 27.2 Å². The molecule has 0 aliphatic rings. The van der Waals surface area contributed by atoms with E-state index in [1.54, 1.807) is 0 Å². The maximum absolute atomic E-state index is 11.3. The zero-order chi connectivity index (χ0) is 16.1. The number of hydrogen-bond donors (Lipinski definition) is 1. The Kier molecular flexibility index (Phi) is 5.38. The highest BCUT2D eigenvalue weighted by molar-refractivity contribution is 7.17. The molecule has 0 spiro atoms. The van der Waals surface area contributed by atoms with Crippen LogP contribution in [0.25, 0.3) is 10.6 Å². The predicted molar refractivity (Wildman–Crippen MR) is 86.2 cm³/mol. The van der Waals surface area contributed by atoms with Crippen molar-refractivity contribution in [2.24, 2.45) is 0 Å². The number of rotatable bonds is 7. The number of aromatic nitrogens is 1. The molecule has 5 nitrogen and oxygen atoms in total. The van der Waals surface area contributed by atoms with E-state index in [4.69, 9.17) is 9.47 Å². The topological polar surface area (TPSA) is 68.7 Å². The van der Waals surface area contributed by atoms with Crippen molar-refractivity contribution in [3.63, 3.8) is 0 Å². The molecule has 0 radical (unpaired) electrons. The number of thiazole rings is 1. The van der Waals surface area contributed by atoms with Crippen LogP contribution in [-0.4, -0.2) is 29.3 Å². The summed E-state index contributed by atoms with van der Waals surface area (Å²) in [5.74, 6) is 0.391. The maximum atomic E-state index is 11.3. The van der Waals surface area contributed by atoms with Crippen LogP contribution in [0.2, 0.25) is 0 Å². The number of benzene rings is 1. The molecule has 1 aromatic heterocycles. The molecule has 0 bridgehead atoms. The van der Waals surface area contributed by atoms with E-state index < -0.39 is 5.97 Å². The summed E-state index contributed by atoms with van der Waals surface area (Å²) in [6.45, 7) is 6.80.